The summed E-state index contributed by atoms with van der Waals surface area (Å²) in [6.07, 6.45) is 1.88. The molecular weight excluding hydrogens is 280 g/mol. The highest BCUT2D eigenvalue weighted by atomic mass is 16.6. The molecule has 122 valence electrons. The highest BCUT2D eigenvalue weighted by molar-refractivity contribution is 5.84. The van der Waals surface area contributed by atoms with Gasteiger partial charge in [-0.1, -0.05) is 12.1 Å². The van der Waals surface area contributed by atoms with E-state index >= 15 is 0 Å². The largest absolute Gasteiger partial charge is 0.444 e. The summed E-state index contributed by atoms with van der Waals surface area (Å²) in [4.78, 5) is 11.8. The minimum atomic E-state index is -0.706. The van der Waals surface area contributed by atoms with Crippen molar-refractivity contribution in [2.75, 3.05) is 18.4 Å². The predicted octanol–water partition coefficient (Wildman–Crippen LogP) is 2.69. The van der Waals surface area contributed by atoms with Gasteiger partial charge >= 0.3 is 6.09 Å². The number of aliphatic hydroxyl groups is 1. The van der Waals surface area contributed by atoms with E-state index in [-0.39, 0.29) is 0 Å². The standard InChI is InChI=1S/C17H26N2O3/c1-16(2,3)22-15(20)19-14-7-4-6-13(10-14)11-17(21)8-5-9-18-12-17/h4,6-7,10,18,21H,5,8-9,11-12H2,1-3H3,(H,19,20). The van der Waals surface area contributed by atoms with Gasteiger partial charge in [0, 0.05) is 18.7 Å². The Labute approximate surface area is 132 Å². The normalized spacial score (nSPS) is 22.2. The van der Waals surface area contributed by atoms with E-state index in [1.54, 1.807) is 0 Å². The molecule has 0 saturated carbocycles. The van der Waals surface area contributed by atoms with E-state index in [0.717, 1.165) is 24.9 Å². The fourth-order valence-electron chi connectivity index (χ4n) is 2.66. The van der Waals surface area contributed by atoms with Crippen molar-refractivity contribution in [3.05, 3.63) is 29.8 Å². The molecule has 1 saturated heterocycles. The van der Waals surface area contributed by atoms with Crippen molar-refractivity contribution >= 4 is 11.8 Å². The Bertz CT molecular complexity index is 517. The van der Waals surface area contributed by atoms with Crippen molar-refractivity contribution in [1.82, 2.24) is 5.32 Å². The lowest BCUT2D eigenvalue weighted by atomic mass is 9.87. The van der Waals surface area contributed by atoms with Crippen LogP contribution >= 0.6 is 0 Å². The molecule has 5 nitrogen and oxygen atoms in total. The molecule has 1 atom stereocenters. The molecule has 5 heteroatoms. The summed E-state index contributed by atoms with van der Waals surface area (Å²) >= 11 is 0. The first-order valence-corrected chi connectivity index (χ1v) is 7.78. The SMILES string of the molecule is CC(C)(C)OC(=O)Nc1cccc(CC2(O)CCCNC2)c1. The van der Waals surface area contributed by atoms with Crippen LogP contribution in [0.4, 0.5) is 10.5 Å². The third-order valence-electron chi connectivity index (χ3n) is 3.56. The number of carbonyl (C=O) groups is 1. The van der Waals surface area contributed by atoms with Gasteiger partial charge in [0.15, 0.2) is 0 Å². The molecule has 1 aromatic rings. The van der Waals surface area contributed by atoms with E-state index in [1.165, 1.54) is 0 Å². The smallest absolute Gasteiger partial charge is 0.412 e. The van der Waals surface area contributed by atoms with Crippen molar-refractivity contribution in [3.8, 4) is 0 Å². The molecular formula is C17H26N2O3. The quantitative estimate of drug-likeness (QED) is 0.803. The van der Waals surface area contributed by atoms with Gasteiger partial charge in [0.05, 0.1) is 5.60 Å². The summed E-state index contributed by atoms with van der Waals surface area (Å²) in [6.45, 7) is 7.05. The second kappa shape index (κ2) is 6.67. The predicted molar refractivity (Wildman–Crippen MR) is 87.1 cm³/mol. The van der Waals surface area contributed by atoms with Crippen LogP contribution in [-0.4, -0.2) is 35.5 Å². The summed E-state index contributed by atoms with van der Waals surface area (Å²) in [5, 5.41) is 16.5. The van der Waals surface area contributed by atoms with Crippen LogP contribution in [0.25, 0.3) is 0 Å². The Morgan fingerprint density at radius 2 is 2.23 bits per heavy atom. The van der Waals surface area contributed by atoms with Crippen molar-refractivity contribution in [1.29, 1.82) is 0 Å². The zero-order chi connectivity index (χ0) is 16.2. The average Bonchev–Trinajstić information content (AvgIpc) is 2.36. The number of ether oxygens (including phenoxy) is 1. The average molecular weight is 306 g/mol. The van der Waals surface area contributed by atoms with E-state index in [2.05, 4.69) is 10.6 Å². The molecule has 22 heavy (non-hydrogen) atoms. The number of nitrogens with one attached hydrogen (secondary N) is 2. The monoisotopic (exact) mass is 306 g/mol. The zero-order valence-electron chi connectivity index (χ0n) is 13.6. The van der Waals surface area contributed by atoms with Gasteiger partial charge in [-0.15, -0.1) is 0 Å². The molecule has 3 N–H and O–H groups in total. The highest BCUT2D eigenvalue weighted by Crippen LogP contribution is 2.23. The highest BCUT2D eigenvalue weighted by Gasteiger charge is 2.29. The van der Waals surface area contributed by atoms with Crippen molar-refractivity contribution in [2.45, 2.75) is 51.2 Å². The van der Waals surface area contributed by atoms with E-state index in [0.29, 0.717) is 18.7 Å². The van der Waals surface area contributed by atoms with Crippen LogP contribution in [0.15, 0.2) is 24.3 Å². The molecule has 1 amide bonds. The minimum absolute atomic E-state index is 0.470. The van der Waals surface area contributed by atoms with Crippen molar-refractivity contribution < 1.29 is 14.6 Å². The maximum Gasteiger partial charge on any atom is 0.412 e. The van der Waals surface area contributed by atoms with Gasteiger partial charge in [-0.3, -0.25) is 5.32 Å². The van der Waals surface area contributed by atoms with Gasteiger partial charge in [0.1, 0.15) is 5.60 Å². The maximum absolute atomic E-state index is 11.8. The number of hydrogen-bond acceptors (Lipinski definition) is 4. The summed E-state index contributed by atoms with van der Waals surface area (Å²) in [5.41, 5.74) is 0.451. The molecule has 0 aromatic heterocycles. The van der Waals surface area contributed by atoms with Crippen LogP contribution in [0, 0.1) is 0 Å². The van der Waals surface area contributed by atoms with E-state index in [4.69, 9.17) is 4.74 Å². The van der Waals surface area contributed by atoms with Crippen LogP contribution in [0.2, 0.25) is 0 Å². The zero-order valence-corrected chi connectivity index (χ0v) is 13.6. The van der Waals surface area contributed by atoms with Gasteiger partial charge in [-0.25, -0.2) is 4.79 Å². The molecule has 1 fully saturated rings. The number of carbonyl (C=O) groups excluding carboxylic acids is 1. The van der Waals surface area contributed by atoms with Crippen LogP contribution in [-0.2, 0) is 11.2 Å². The fraction of sp³-hybridized carbons (Fsp3) is 0.588. The fourth-order valence-corrected chi connectivity index (χ4v) is 2.66. The summed E-state index contributed by atoms with van der Waals surface area (Å²) < 4.78 is 5.24. The Balaban J connectivity index is 1.99. The third kappa shape index (κ3) is 5.31. The van der Waals surface area contributed by atoms with Crippen molar-refractivity contribution in [2.24, 2.45) is 0 Å². The molecule has 0 bridgehead atoms. The molecule has 1 unspecified atom stereocenters. The van der Waals surface area contributed by atoms with Gasteiger partial charge < -0.3 is 15.2 Å². The van der Waals surface area contributed by atoms with E-state index < -0.39 is 17.3 Å². The van der Waals surface area contributed by atoms with Crippen LogP contribution in [0.5, 0.6) is 0 Å². The minimum Gasteiger partial charge on any atom is -0.444 e. The van der Waals surface area contributed by atoms with Crippen LogP contribution in [0.1, 0.15) is 39.2 Å². The molecule has 0 radical (unpaired) electrons. The second-order valence-corrected chi connectivity index (χ2v) is 7.01. The second-order valence-electron chi connectivity index (χ2n) is 7.01. The van der Waals surface area contributed by atoms with Gasteiger partial charge in [-0.05, 0) is 57.9 Å². The van der Waals surface area contributed by atoms with E-state index in [1.807, 2.05) is 45.0 Å². The Morgan fingerprint density at radius 1 is 1.45 bits per heavy atom. The van der Waals surface area contributed by atoms with Crippen molar-refractivity contribution in [3.63, 3.8) is 0 Å². The molecule has 0 spiro atoms. The number of anilines is 1. The van der Waals surface area contributed by atoms with Crippen LogP contribution in [0.3, 0.4) is 0 Å². The Morgan fingerprint density at radius 3 is 2.86 bits per heavy atom. The third-order valence-corrected chi connectivity index (χ3v) is 3.56. The first kappa shape index (κ1) is 16.8. The summed E-state index contributed by atoms with van der Waals surface area (Å²) in [5.74, 6) is 0. The Kier molecular flexibility index (Phi) is 5.08. The number of benzene rings is 1. The van der Waals surface area contributed by atoms with E-state index in [9.17, 15) is 9.90 Å². The molecule has 1 aromatic carbocycles. The first-order chi connectivity index (χ1) is 10.3. The number of piperidine rings is 1. The molecule has 2 rings (SSSR count). The number of β-amino-alcohol motifs (C(OH)–C–C–N with tert-alkyl or cyclic N) is 1. The lowest BCUT2D eigenvalue weighted by Gasteiger charge is -2.32. The topological polar surface area (TPSA) is 70.6 Å². The number of amides is 1. The summed E-state index contributed by atoms with van der Waals surface area (Å²) in [7, 11) is 0. The lowest BCUT2D eigenvalue weighted by molar-refractivity contribution is 0.0169. The van der Waals surface area contributed by atoms with Gasteiger partial charge in [0.2, 0.25) is 0 Å². The first-order valence-electron chi connectivity index (χ1n) is 7.78. The lowest BCUT2D eigenvalue weighted by Crippen LogP contribution is -2.47. The summed E-state index contributed by atoms with van der Waals surface area (Å²) in [6, 6.07) is 7.54. The van der Waals surface area contributed by atoms with Gasteiger partial charge in [-0.2, -0.15) is 0 Å². The number of rotatable bonds is 3. The molecule has 0 aliphatic carbocycles. The van der Waals surface area contributed by atoms with Crippen LogP contribution < -0.4 is 10.6 Å². The Hall–Kier alpha value is -1.59. The molecule has 1 heterocycles. The molecule has 1 aliphatic rings. The maximum atomic E-state index is 11.8. The van der Waals surface area contributed by atoms with Gasteiger partial charge in [0.25, 0.3) is 0 Å². The number of hydrogen-bond donors (Lipinski definition) is 3. The molecule has 1 aliphatic heterocycles.